The summed E-state index contributed by atoms with van der Waals surface area (Å²) in [5.74, 6) is 0.377. The highest BCUT2D eigenvalue weighted by Gasteiger charge is 2.30. The summed E-state index contributed by atoms with van der Waals surface area (Å²) in [5.41, 5.74) is 2.78. The van der Waals surface area contributed by atoms with Crippen LogP contribution in [-0.2, 0) is 13.1 Å². The Morgan fingerprint density at radius 3 is 2.34 bits per heavy atom. The Balaban J connectivity index is 1.70. The maximum absolute atomic E-state index is 13.1. The molecule has 0 radical (unpaired) electrons. The van der Waals surface area contributed by atoms with Gasteiger partial charge in [0.1, 0.15) is 5.82 Å². The Bertz CT molecular complexity index is 1030. The van der Waals surface area contributed by atoms with Gasteiger partial charge in [0.25, 0.3) is 5.91 Å². The number of rotatable bonds is 4. The lowest BCUT2D eigenvalue weighted by Gasteiger charge is -2.27. The first-order valence-corrected chi connectivity index (χ1v) is 9.53. The SMILES string of the molecule is CC(NC(=O)c1nc(-c2ccccc2)n2c1CN(C(=O)O)CC2)c1ccccc1. The van der Waals surface area contributed by atoms with Gasteiger partial charge in [0.05, 0.1) is 18.3 Å². The van der Waals surface area contributed by atoms with Crippen molar-refractivity contribution in [2.75, 3.05) is 6.54 Å². The van der Waals surface area contributed by atoms with Crippen LogP contribution in [0.3, 0.4) is 0 Å². The predicted octanol–water partition coefficient (Wildman–Crippen LogP) is 3.53. The van der Waals surface area contributed by atoms with Crippen LogP contribution in [0.15, 0.2) is 60.7 Å². The van der Waals surface area contributed by atoms with Crippen LogP contribution in [0.1, 0.15) is 34.7 Å². The molecular weight excluding hydrogens is 368 g/mol. The van der Waals surface area contributed by atoms with E-state index < -0.39 is 6.09 Å². The van der Waals surface area contributed by atoms with Crippen LogP contribution in [0.25, 0.3) is 11.4 Å². The first kappa shape index (κ1) is 18.7. The molecule has 1 aromatic heterocycles. The van der Waals surface area contributed by atoms with Gasteiger partial charge >= 0.3 is 6.09 Å². The minimum atomic E-state index is -0.997. The van der Waals surface area contributed by atoms with Crippen molar-refractivity contribution in [2.45, 2.75) is 26.1 Å². The molecule has 4 rings (SSSR count). The van der Waals surface area contributed by atoms with Gasteiger partial charge < -0.3 is 19.9 Å². The number of amides is 2. The average Bonchev–Trinajstić information content (AvgIpc) is 3.14. The number of carbonyl (C=O) groups excluding carboxylic acids is 1. The van der Waals surface area contributed by atoms with Gasteiger partial charge in [-0.05, 0) is 12.5 Å². The molecule has 29 heavy (non-hydrogen) atoms. The average molecular weight is 390 g/mol. The van der Waals surface area contributed by atoms with Gasteiger partial charge in [0.2, 0.25) is 0 Å². The minimum Gasteiger partial charge on any atom is -0.465 e. The number of carbonyl (C=O) groups is 2. The quantitative estimate of drug-likeness (QED) is 0.713. The van der Waals surface area contributed by atoms with Gasteiger partial charge in [-0.2, -0.15) is 0 Å². The number of aromatic nitrogens is 2. The van der Waals surface area contributed by atoms with Crippen LogP contribution in [-0.4, -0.2) is 38.1 Å². The van der Waals surface area contributed by atoms with Crippen LogP contribution >= 0.6 is 0 Å². The van der Waals surface area contributed by atoms with Gasteiger partial charge in [0, 0.05) is 18.7 Å². The van der Waals surface area contributed by atoms with E-state index in [0.717, 1.165) is 11.1 Å². The lowest BCUT2D eigenvalue weighted by atomic mass is 10.1. The number of hydrogen-bond acceptors (Lipinski definition) is 3. The number of imidazole rings is 1. The number of hydrogen-bond donors (Lipinski definition) is 2. The predicted molar refractivity (Wildman–Crippen MR) is 108 cm³/mol. The molecule has 2 N–H and O–H groups in total. The highest BCUT2D eigenvalue weighted by atomic mass is 16.4. The number of carboxylic acid groups (broad SMARTS) is 1. The molecule has 0 spiro atoms. The molecule has 2 amide bonds. The Morgan fingerprint density at radius 2 is 1.69 bits per heavy atom. The Hall–Kier alpha value is -3.61. The summed E-state index contributed by atoms with van der Waals surface area (Å²) < 4.78 is 1.96. The summed E-state index contributed by atoms with van der Waals surface area (Å²) >= 11 is 0. The zero-order valence-corrected chi connectivity index (χ0v) is 16.1. The molecule has 0 aliphatic carbocycles. The van der Waals surface area contributed by atoms with Crippen LogP contribution < -0.4 is 5.32 Å². The van der Waals surface area contributed by atoms with E-state index in [2.05, 4.69) is 10.3 Å². The summed E-state index contributed by atoms with van der Waals surface area (Å²) in [4.78, 5) is 30.5. The molecule has 1 atom stereocenters. The second-order valence-corrected chi connectivity index (χ2v) is 7.06. The van der Waals surface area contributed by atoms with Crippen molar-refractivity contribution in [1.82, 2.24) is 19.8 Å². The number of nitrogens with one attached hydrogen (secondary N) is 1. The van der Waals surface area contributed by atoms with Crippen molar-refractivity contribution in [3.8, 4) is 11.4 Å². The molecule has 7 nitrogen and oxygen atoms in total. The second kappa shape index (κ2) is 7.79. The summed E-state index contributed by atoms with van der Waals surface area (Å²) in [5, 5.41) is 12.4. The van der Waals surface area contributed by atoms with Crippen LogP contribution in [0.5, 0.6) is 0 Å². The van der Waals surface area contributed by atoms with Gasteiger partial charge in [-0.25, -0.2) is 9.78 Å². The standard InChI is InChI=1S/C22H22N4O3/c1-15(16-8-4-2-5-9-16)23-21(27)19-18-14-25(22(28)29)12-13-26(18)20(24-19)17-10-6-3-7-11-17/h2-11,15H,12-14H2,1H3,(H,23,27)(H,28,29). The molecule has 2 aromatic carbocycles. The molecule has 1 aliphatic rings. The fourth-order valence-corrected chi connectivity index (χ4v) is 3.61. The van der Waals surface area contributed by atoms with E-state index in [1.54, 1.807) is 0 Å². The first-order chi connectivity index (χ1) is 14.0. The van der Waals surface area contributed by atoms with Crippen molar-refractivity contribution in [2.24, 2.45) is 0 Å². The summed E-state index contributed by atoms with van der Waals surface area (Å²) in [7, 11) is 0. The van der Waals surface area contributed by atoms with E-state index in [-0.39, 0.29) is 24.2 Å². The zero-order chi connectivity index (χ0) is 20.4. The van der Waals surface area contributed by atoms with E-state index >= 15 is 0 Å². The smallest absolute Gasteiger partial charge is 0.407 e. The second-order valence-electron chi connectivity index (χ2n) is 7.06. The Morgan fingerprint density at radius 1 is 1.03 bits per heavy atom. The van der Waals surface area contributed by atoms with Crippen molar-refractivity contribution in [3.63, 3.8) is 0 Å². The molecule has 0 fully saturated rings. The van der Waals surface area contributed by atoms with E-state index in [1.165, 1.54) is 4.90 Å². The Kier molecular flexibility index (Phi) is 5.03. The Labute approximate surface area is 168 Å². The summed E-state index contributed by atoms with van der Waals surface area (Å²) in [6.45, 7) is 2.87. The largest absolute Gasteiger partial charge is 0.465 e. The molecule has 0 saturated heterocycles. The highest BCUT2D eigenvalue weighted by molar-refractivity contribution is 5.94. The normalized spacial score (nSPS) is 14.2. The van der Waals surface area contributed by atoms with E-state index in [0.29, 0.717) is 24.6 Å². The molecule has 2 heterocycles. The van der Waals surface area contributed by atoms with E-state index in [9.17, 15) is 14.7 Å². The molecule has 0 saturated carbocycles. The third-order valence-electron chi connectivity index (χ3n) is 5.17. The number of nitrogens with zero attached hydrogens (tertiary/aromatic N) is 3. The molecular formula is C22H22N4O3. The number of fused-ring (bicyclic) bond motifs is 1. The lowest BCUT2D eigenvalue weighted by Crippen LogP contribution is -2.38. The molecule has 1 aliphatic heterocycles. The first-order valence-electron chi connectivity index (χ1n) is 9.53. The summed E-state index contributed by atoms with van der Waals surface area (Å²) in [6.07, 6.45) is -0.997. The maximum atomic E-state index is 13.1. The van der Waals surface area contributed by atoms with Crippen LogP contribution in [0.4, 0.5) is 4.79 Å². The minimum absolute atomic E-state index is 0.137. The summed E-state index contributed by atoms with van der Waals surface area (Å²) in [6, 6.07) is 19.1. The van der Waals surface area contributed by atoms with Gasteiger partial charge in [-0.1, -0.05) is 60.7 Å². The zero-order valence-electron chi connectivity index (χ0n) is 16.1. The van der Waals surface area contributed by atoms with Gasteiger partial charge in [-0.3, -0.25) is 4.79 Å². The molecule has 7 heteroatoms. The monoisotopic (exact) mass is 390 g/mol. The third-order valence-corrected chi connectivity index (χ3v) is 5.17. The van der Waals surface area contributed by atoms with E-state index in [1.807, 2.05) is 72.2 Å². The van der Waals surface area contributed by atoms with Crippen molar-refractivity contribution < 1.29 is 14.7 Å². The topological polar surface area (TPSA) is 87.5 Å². The molecule has 148 valence electrons. The molecule has 0 bridgehead atoms. The van der Waals surface area contributed by atoms with Gasteiger partial charge in [-0.15, -0.1) is 0 Å². The van der Waals surface area contributed by atoms with E-state index in [4.69, 9.17) is 0 Å². The van der Waals surface area contributed by atoms with Crippen molar-refractivity contribution in [1.29, 1.82) is 0 Å². The molecule has 3 aromatic rings. The maximum Gasteiger partial charge on any atom is 0.407 e. The lowest BCUT2D eigenvalue weighted by molar-refractivity contribution is 0.0929. The number of benzene rings is 2. The fraction of sp³-hybridized carbons (Fsp3) is 0.227. The van der Waals surface area contributed by atoms with Crippen LogP contribution in [0, 0.1) is 0 Å². The van der Waals surface area contributed by atoms with Crippen LogP contribution in [0.2, 0.25) is 0 Å². The highest BCUT2D eigenvalue weighted by Crippen LogP contribution is 2.27. The van der Waals surface area contributed by atoms with Crippen molar-refractivity contribution >= 4 is 12.0 Å². The van der Waals surface area contributed by atoms with Gasteiger partial charge in [0.15, 0.2) is 5.69 Å². The van der Waals surface area contributed by atoms with Crippen molar-refractivity contribution in [3.05, 3.63) is 77.6 Å². The molecule has 1 unspecified atom stereocenters. The fourth-order valence-electron chi connectivity index (χ4n) is 3.61. The third kappa shape index (κ3) is 3.71.